The van der Waals surface area contributed by atoms with Crippen LogP contribution in [0.4, 0.5) is 0 Å². The van der Waals surface area contributed by atoms with E-state index in [9.17, 15) is 4.79 Å². The third-order valence-electron chi connectivity index (χ3n) is 5.21. The molecule has 0 aliphatic heterocycles. The number of nitrogens with zero attached hydrogens (tertiary/aromatic N) is 2. The average molecular weight is 396 g/mol. The van der Waals surface area contributed by atoms with Crippen molar-refractivity contribution in [2.24, 2.45) is 0 Å². The number of nitrogens with one attached hydrogen (secondary N) is 1. The lowest BCUT2D eigenvalue weighted by Gasteiger charge is -2.20. The van der Waals surface area contributed by atoms with Crippen LogP contribution in [0.15, 0.2) is 104 Å². The first-order chi connectivity index (χ1) is 14.8. The largest absolute Gasteiger partial charge is 0.345 e. The van der Waals surface area contributed by atoms with Gasteiger partial charge in [-0.2, -0.15) is 0 Å². The maximum absolute atomic E-state index is 12.9. The van der Waals surface area contributed by atoms with E-state index in [4.69, 9.17) is 0 Å². The van der Waals surface area contributed by atoms with Crippen LogP contribution in [0.3, 0.4) is 0 Å². The smallest absolute Gasteiger partial charge is 0.251 e. The molecule has 4 heteroatoms. The molecule has 1 amide bonds. The molecular formula is C26H25N3O. The molecule has 0 fully saturated rings. The minimum absolute atomic E-state index is 0.0375. The van der Waals surface area contributed by atoms with E-state index in [1.807, 2.05) is 59.3 Å². The Labute approximate surface area is 177 Å². The molecule has 1 unspecified atom stereocenters. The quantitative estimate of drug-likeness (QED) is 0.455. The van der Waals surface area contributed by atoms with Crippen molar-refractivity contribution in [1.29, 1.82) is 0 Å². The summed E-state index contributed by atoms with van der Waals surface area (Å²) in [6.07, 6.45) is 7.24. The zero-order valence-corrected chi connectivity index (χ0v) is 16.8. The molecule has 0 radical (unpaired) electrons. The molecule has 150 valence electrons. The van der Waals surface area contributed by atoms with Crippen molar-refractivity contribution in [3.05, 3.63) is 126 Å². The molecule has 0 bridgehead atoms. The SMILES string of the molecule is O=C(NC(CCc1ccccc1)c1ccccc1)c1ccc(Cn2ccnc2)cc1. The molecule has 1 heterocycles. The van der Waals surface area contributed by atoms with Crippen LogP contribution < -0.4 is 5.32 Å². The maximum atomic E-state index is 12.9. The molecule has 0 saturated carbocycles. The number of amides is 1. The van der Waals surface area contributed by atoms with Crippen molar-refractivity contribution in [2.75, 3.05) is 0 Å². The van der Waals surface area contributed by atoms with Crippen LogP contribution in [0.1, 0.15) is 39.5 Å². The third kappa shape index (κ3) is 5.23. The van der Waals surface area contributed by atoms with Gasteiger partial charge >= 0.3 is 0 Å². The van der Waals surface area contributed by atoms with Gasteiger partial charge in [-0.15, -0.1) is 0 Å². The number of aromatic nitrogens is 2. The number of hydrogen-bond donors (Lipinski definition) is 1. The zero-order valence-electron chi connectivity index (χ0n) is 16.8. The molecule has 4 aromatic rings. The molecule has 1 atom stereocenters. The summed E-state index contributed by atoms with van der Waals surface area (Å²) in [5.41, 5.74) is 4.20. The highest BCUT2D eigenvalue weighted by Gasteiger charge is 2.16. The lowest BCUT2D eigenvalue weighted by Crippen LogP contribution is -2.29. The van der Waals surface area contributed by atoms with Gasteiger partial charge < -0.3 is 9.88 Å². The molecular weight excluding hydrogens is 370 g/mol. The number of carbonyl (C=O) groups excluding carboxylic acids is 1. The summed E-state index contributed by atoms with van der Waals surface area (Å²) >= 11 is 0. The topological polar surface area (TPSA) is 46.9 Å². The van der Waals surface area contributed by atoms with Gasteiger partial charge in [-0.3, -0.25) is 4.79 Å². The van der Waals surface area contributed by atoms with E-state index in [0.29, 0.717) is 5.56 Å². The number of hydrogen-bond acceptors (Lipinski definition) is 2. The van der Waals surface area contributed by atoms with Crippen molar-refractivity contribution in [3.8, 4) is 0 Å². The first-order valence-electron chi connectivity index (χ1n) is 10.2. The predicted molar refractivity (Wildman–Crippen MR) is 119 cm³/mol. The van der Waals surface area contributed by atoms with Crippen molar-refractivity contribution >= 4 is 5.91 Å². The molecule has 4 rings (SSSR count). The van der Waals surface area contributed by atoms with Gasteiger partial charge in [-0.25, -0.2) is 4.98 Å². The Morgan fingerprint density at radius 1 is 0.867 bits per heavy atom. The van der Waals surface area contributed by atoms with Gasteiger partial charge in [0, 0.05) is 24.5 Å². The highest BCUT2D eigenvalue weighted by molar-refractivity contribution is 5.94. The van der Waals surface area contributed by atoms with E-state index in [-0.39, 0.29) is 11.9 Å². The number of carbonyl (C=O) groups is 1. The van der Waals surface area contributed by atoms with Crippen molar-refractivity contribution in [2.45, 2.75) is 25.4 Å². The summed E-state index contributed by atoms with van der Waals surface area (Å²) < 4.78 is 2.00. The zero-order chi connectivity index (χ0) is 20.6. The van der Waals surface area contributed by atoms with E-state index in [2.05, 4.69) is 46.7 Å². The Hall–Kier alpha value is -3.66. The lowest BCUT2D eigenvalue weighted by molar-refractivity contribution is 0.0934. The second-order valence-corrected chi connectivity index (χ2v) is 7.39. The highest BCUT2D eigenvalue weighted by Crippen LogP contribution is 2.20. The van der Waals surface area contributed by atoms with Crippen molar-refractivity contribution in [1.82, 2.24) is 14.9 Å². The summed E-state index contributed by atoms with van der Waals surface area (Å²) in [6, 6.07) is 28.3. The maximum Gasteiger partial charge on any atom is 0.251 e. The molecule has 0 aliphatic carbocycles. The van der Waals surface area contributed by atoms with Crippen LogP contribution in [0, 0.1) is 0 Å². The molecule has 1 aromatic heterocycles. The Morgan fingerprint density at radius 3 is 2.23 bits per heavy atom. The van der Waals surface area contributed by atoms with Gasteiger partial charge in [0.1, 0.15) is 0 Å². The van der Waals surface area contributed by atoms with Crippen LogP contribution in [-0.2, 0) is 13.0 Å². The number of rotatable bonds is 8. The molecule has 0 saturated heterocycles. The molecule has 4 nitrogen and oxygen atoms in total. The molecule has 0 aliphatic rings. The normalized spacial score (nSPS) is 11.7. The molecule has 0 spiro atoms. The van der Waals surface area contributed by atoms with E-state index >= 15 is 0 Å². The van der Waals surface area contributed by atoms with E-state index < -0.39 is 0 Å². The van der Waals surface area contributed by atoms with E-state index in [1.54, 1.807) is 12.5 Å². The second kappa shape index (κ2) is 9.70. The van der Waals surface area contributed by atoms with Crippen molar-refractivity contribution in [3.63, 3.8) is 0 Å². The highest BCUT2D eigenvalue weighted by atomic mass is 16.1. The minimum atomic E-state index is -0.0499. The Bertz CT molecular complexity index is 1040. The Morgan fingerprint density at radius 2 is 1.57 bits per heavy atom. The lowest BCUT2D eigenvalue weighted by atomic mass is 9.98. The van der Waals surface area contributed by atoms with Crippen LogP contribution in [0.25, 0.3) is 0 Å². The predicted octanol–water partition coefficient (Wildman–Crippen LogP) is 5.04. The average Bonchev–Trinajstić information content (AvgIpc) is 3.31. The summed E-state index contributed by atoms with van der Waals surface area (Å²) in [5.74, 6) is -0.0499. The second-order valence-electron chi connectivity index (χ2n) is 7.39. The summed E-state index contributed by atoms with van der Waals surface area (Å²) in [4.78, 5) is 17.0. The third-order valence-corrected chi connectivity index (χ3v) is 5.21. The fraction of sp³-hybridized carbons (Fsp3) is 0.154. The Kier molecular flexibility index (Phi) is 6.35. The summed E-state index contributed by atoms with van der Waals surface area (Å²) in [5, 5.41) is 3.23. The summed E-state index contributed by atoms with van der Waals surface area (Å²) in [6.45, 7) is 0.742. The van der Waals surface area contributed by atoms with Crippen molar-refractivity contribution < 1.29 is 4.79 Å². The van der Waals surface area contributed by atoms with Crippen LogP contribution in [0.5, 0.6) is 0 Å². The van der Waals surface area contributed by atoms with Crippen LogP contribution in [0.2, 0.25) is 0 Å². The van der Waals surface area contributed by atoms with E-state index in [1.165, 1.54) is 5.56 Å². The molecule has 1 N–H and O–H groups in total. The number of benzene rings is 3. The van der Waals surface area contributed by atoms with Gasteiger partial charge in [0.25, 0.3) is 5.91 Å². The molecule has 3 aromatic carbocycles. The van der Waals surface area contributed by atoms with Gasteiger partial charge in [0.2, 0.25) is 0 Å². The van der Waals surface area contributed by atoms with Crippen LogP contribution >= 0.6 is 0 Å². The number of imidazole rings is 1. The standard InChI is InChI=1S/C26H25N3O/c30-26(24-14-11-22(12-15-24)19-29-18-17-27-20-29)28-25(23-9-5-2-6-10-23)16-13-21-7-3-1-4-8-21/h1-12,14-15,17-18,20,25H,13,16,19H2,(H,28,30). The Balaban J connectivity index is 1.44. The minimum Gasteiger partial charge on any atom is -0.345 e. The summed E-state index contributed by atoms with van der Waals surface area (Å²) in [7, 11) is 0. The fourth-order valence-corrected chi connectivity index (χ4v) is 3.56. The first kappa shape index (κ1) is 19.6. The van der Waals surface area contributed by atoms with E-state index in [0.717, 1.165) is 30.5 Å². The first-order valence-corrected chi connectivity index (χ1v) is 10.2. The fourth-order valence-electron chi connectivity index (χ4n) is 3.56. The van der Waals surface area contributed by atoms with Crippen LogP contribution in [-0.4, -0.2) is 15.5 Å². The number of aryl methyl sites for hydroxylation is 1. The van der Waals surface area contributed by atoms with Gasteiger partial charge in [0.05, 0.1) is 12.4 Å². The monoisotopic (exact) mass is 395 g/mol. The van der Waals surface area contributed by atoms with Gasteiger partial charge in [0.15, 0.2) is 0 Å². The van der Waals surface area contributed by atoms with Gasteiger partial charge in [-0.1, -0.05) is 72.8 Å². The van der Waals surface area contributed by atoms with Gasteiger partial charge in [-0.05, 0) is 41.7 Å². The molecule has 30 heavy (non-hydrogen) atoms.